The van der Waals surface area contributed by atoms with Crippen molar-refractivity contribution in [2.75, 3.05) is 29.9 Å². The lowest BCUT2D eigenvalue weighted by Crippen LogP contribution is -2.48. The number of aromatic nitrogens is 5. The summed E-state index contributed by atoms with van der Waals surface area (Å²) in [6, 6.07) is 2.64. The number of hydrogen-bond donors (Lipinski definition) is 1. The highest BCUT2D eigenvalue weighted by atomic mass is 19.4. The number of nitrogens with one attached hydrogen (secondary N) is 1. The van der Waals surface area contributed by atoms with Gasteiger partial charge < -0.3 is 15.0 Å². The van der Waals surface area contributed by atoms with Crippen molar-refractivity contribution in [1.82, 2.24) is 24.6 Å². The van der Waals surface area contributed by atoms with Crippen LogP contribution < -0.4 is 15.0 Å². The summed E-state index contributed by atoms with van der Waals surface area (Å²) in [4.78, 5) is 13.9. The Morgan fingerprint density at radius 2 is 1.85 bits per heavy atom. The third-order valence-corrected chi connectivity index (χ3v) is 6.23. The molecule has 3 aromatic rings. The Bertz CT molecular complexity index is 1170. The molecule has 182 valence electrons. The molecule has 2 aliphatic rings. The molecule has 0 spiro atoms. The van der Waals surface area contributed by atoms with Gasteiger partial charge in [-0.1, -0.05) is 0 Å². The van der Waals surface area contributed by atoms with Gasteiger partial charge in [-0.3, -0.25) is 0 Å². The quantitative estimate of drug-likeness (QED) is 0.533. The van der Waals surface area contributed by atoms with Gasteiger partial charge in [-0.15, -0.1) is 5.10 Å². The Morgan fingerprint density at radius 1 is 1.12 bits per heavy atom. The fourth-order valence-corrected chi connectivity index (χ4v) is 4.62. The maximum atomic E-state index is 14.1. The summed E-state index contributed by atoms with van der Waals surface area (Å²) in [7, 11) is 0. The first-order chi connectivity index (χ1) is 16.1. The van der Waals surface area contributed by atoms with Crippen molar-refractivity contribution in [2.45, 2.75) is 31.0 Å². The zero-order chi connectivity index (χ0) is 24.1. The smallest absolute Gasteiger partial charge is 0.456 e. The van der Waals surface area contributed by atoms with Gasteiger partial charge in [0.2, 0.25) is 5.95 Å². The molecular weight excluding hydrogens is 468 g/mol. The summed E-state index contributed by atoms with van der Waals surface area (Å²) < 4.78 is 84.0. The lowest BCUT2D eigenvalue weighted by molar-refractivity contribution is -0.289. The summed E-state index contributed by atoms with van der Waals surface area (Å²) in [6.45, 7) is -0.735. The molecule has 2 unspecified atom stereocenters. The zero-order valence-corrected chi connectivity index (χ0v) is 17.5. The van der Waals surface area contributed by atoms with E-state index in [1.54, 1.807) is 0 Å². The van der Waals surface area contributed by atoms with Crippen LogP contribution in [0.4, 0.5) is 38.1 Å². The molecule has 1 aliphatic heterocycles. The lowest BCUT2D eigenvalue weighted by Gasteiger charge is -2.38. The number of pyridine rings is 1. The van der Waals surface area contributed by atoms with Crippen LogP contribution in [-0.2, 0) is 0 Å². The SMILES string of the molecule is Fc1cncnc1N1CC2CC[C@@H](C1)C2Nc1nc2c(OCC(F)(F)C(F)(F)F)cccn2n1. The van der Waals surface area contributed by atoms with E-state index in [2.05, 4.69) is 25.4 Å². The summed E-state index contributed by atoms with van der Waals surface area (Å²) in [6.07, 6.45) is -0.00681. The summed E-state index contributed by atoms with van der Waals surface area (Å²) >= 11 is 0. The molecule has 2 bridgehead atoms. The molecule has 3 aromatic heterocycles. The number of anilines is 2. The average molecular weight is 487 g/mol. The third-order valence-electron chi connectivity index (χ3n) is 6.23. The van der Waals surface area contributed by atoms with Crippen LogP contribution in [0.5, 0.6) is 5.75 Å². The van der Waals surface area contributed by atoms with E-state index in [1.807, 2.05) is 4.90 Å². The molecule has 1 N–H and O–H groups in total. The molecule has 4 heterocycles. The molecule has 0 amide bonds. The second kappa shape index (κ2) is 8.17. The minimum Gasteiger partial charge on any atom is -0.483 e. The van der Waals surface area contributed by atoms with Crippen molar-refractivity contribution in [1.29, 1.82) is 0 Å². The zero-order valence-electron chi connectivity index (χ0n) is 17.5. The summed E-state index contributed by atoms with van der Waals surface area (Å²) in [5, 5.41) is 7.52. The van der Waals surface area contributed by atoms with Crippen molar-refractivity contribution < 1.29 is 31.1 Å². The van der Waals surface area contributed by atoms with Gasteiger partial charge in [0, 0.05) is 25.3 Å². The molecule has 1 saturated heterocycles. The first-order valence-electron chi connectivity index (χ1n) is 10.5. The normalized spacial score (nSPS) is 22.9. The fourth-order valence-electron chi connectivity index (χ4n) is 4.62. The third kappa shape index (κ3) is 4.05. The maximum Gasteiger partial charge on any atom is 0.456 e. The van der Waals surface area contributed by atoms with E-state index in [1.165, 1.54) is 29.2 Å². The topological polar surface area (TPSA) is 80.5 Å². The highest BCUT2D eigenvalue weighted by Crippen LogP contribution is 2.40. The van der Waals surface area contributed by atoms with E-state index in [0.29, 0.717) is 13.1 Å². The van der Waals surface area contributed by atoms with E-state index in [9.17, 15) is 26.3 Å². The predicted molar refractivity (Wildman–Crippen MR) is 107 cm³/mol. The maximum absolute atomic E-state index is 14.1. The number of ether oxygens (including phenoxy) is 1. The molecule has 14 heteroatoms. The van der Waals surface area contributed by atoms with Crippen molar-refractivity contribution in [3.05, 3.63) is 36.7 Å². The highest BCUT2D eigenvalue weighted by Gasteiger charge is 2.58. The van der Waals surface area contributed by atoms with Gasteiger partial charge in [0.25, 0.3) is 0 Å². The minimum absolute atomic E-state index is 0.0100. The van der Waals surface area contributed by atoms with Gasteiger partial charge in [-0.05, 0) is 36.8 Å². The molecular formula is C20H19F6N7O. The molecule has 0 radical (unpaired) electrons. The van der Waals surface area contributed by atoms with E-state index in [4.69, 9.17) is 4.74 Å². The summed E-state index contributed by atoms with van der Waals surface area (Å²) in [5.74, 6) is -4.97. The van der Waals surface area contributed by atoms with Crippen LogP contribution in [0.3, 0.4) is 0 Å². The molecule has 1 saturated carbocycles. The van der Waals surface area contributed by atoms with Crippen LogP contribution in [0.25, 0.3) is 5.65 Å². The standard InChI is InChI=1S/C20H19F6N7O/c21-13-6-27-10-28-16(13)32-7-11-3-4-12(8-32)15(11)29-18-30-17-14(2-1-5-33(17)31-18)34-9-19(22,23)20(24,25)26/h1-2,5-6,10-12,15H,3-4,7-9H2,(H,29,31)/t11-,12?,15?/m0/s1. The molecule has 1 aliphatic carbocycles. The Morgan fingerprint density at radius 3 is 2.53 bits per heavy atom. The van der Waals surface area contributed by atoms with Crippen molar-refractivity contribution >= 4 is 17.4 Å². The van der Waals surface area contributed by atoms with E-state index in [0.717, 1.165) is 19.0 Å². The van der Waals surface area contributed by atoms with E-state index < -0.39 is 24.5 Å². The molecule has 5 rings (SSSR count). The Hall–Kier alpha value is -3.32. The van der Waals surface area contributed by atoms with Crippen LogP contribution >= 0.6 is 0 Å². The monoisotopic (exact) mass is 487 g/mol. The number of halogens is 6. The first-order valence-corrected chi connectivity index (χ1v) is 10.5. The van der Waals surface area contributed by atoms with Crippen LogP contribution in [0.15, 0.2) is 30.9 Å². The van der Waals surface area contributed by atoms with E-state index >= 15 is 0 Å². The molecule has 0 aromatic carbocycles. The van der Waals surface area contributed by atoms with Gasteiger partial charge in [0.15, 0.2) is 29.6 Å². The second-order valence-corrected chi connectivity index (χ2v) is 8.43. The second-order valence-electron chi connectivity index (χ2n) is 8.43. The Kier molecular flexibility index (Phi) is 5.40. The molecule has 8 nitrogen and oxygen atoms in total. The first kappa shape index (κ1) is 22.5. The predicted octanol–water partition coefficient (Wildman–Crippen LogP) is 3.56. The number of alkyl halides is 5. The van der Waals surface area contributed by atoms with Crippen LogP contribution in [-0.4, -0.2) is 62.4 Å². The van der Waals surface area contributed by atoms with Crippen LogP contribution in [0.1, 0.15) is 12.8 Å². The summed E-state index contributed by atoms with van der Waals surface area (Å²) in [5.41, 5.74) is 0.0100. The Labute approximate surface area is 189 Å². The molecule has 2 fully saturated rings. The van der Waals surface area contributed by atoms with Crippen molar-refractivity contribution in [3.63, 3.8) is 0 Å². The lowest BCUT2D eigenvalue weighted by atomic mass is 9.92. The number of rotatable bonds is 6. The fraction of sp³-hybridized carbons (Fsp3) is 0.500. The minimum atomic E-state index is -5.72. The molecule has 34 heavy (non-hydrogen) atoms. The number of piperidine rings is 1. The van der Waals surface area contributed by atoms with Crippen molar-refractivity contribution in [2.24, 2.45) is 11.8 Å². The van der Waals surface area contributed by atoms with Gasteiger partial charge in [-0.2, -0.15) is 26.9 Å². The van der Waals surface area contributed by atoms with Gasteiger partial charge in [0.1, 0.15) is 6.33 Å². The number of nitrogens with zero attached hydrogens (tertiary/aromatic N) is 6. The van der Waals surface area contributed by atoms with Gasteiger partial charge >= 0.3 is 12.1 Å². The molecule has 3 atom stereocenters. The van der Waals surface area contributed by atoms with Gasteiger partial charge in [-0.25, -0.2) is 18.9 Å². The van der Waals surface area contributed by atoms with Crippen molar-refractivity contribution in [3.8, 4) is 5.75 Å². The highest BCUT2D eigenvalue weighted by molar-refractivity contribution is 5.56. The van der Waals surface area contributed by atoms with Crippen LogP contribution in [0.2, 0.25) is 0 Å². The van der Waals surface area contributed by atoms with Gasteiger partial charge in [0.05, 0.1) is 6.20 Å². The largest absolute Gasteiger partial charge is 0.483 e. The Balaban J connectivity index is 1.31. The number of fused-ring (bicyclic) bond motifs is 3. The average Bonchev–Trinajstić information content (AvgIpc) is 3.28. The number of hydrogen-bond acceptors (Lipinski definition) is 7. The van der Waals surface area contributed by atoms with Crippen LogP contribution in [0, 0.1) is 17.7 Å². The van der Waals surface area contributed by atoms with E-state index in [-0.39, 0.29) is 41.0 Å².